The van der Waals surface area contributed by atoms with Crippen LogP contribution in [0.15, 0.2) is 55.2 Å². The first-order chi connectivity index (χ1) is 13.8. The number of aromatic nitrogens is 4. The standard InChI is InChI=1S/C19H18F3N5O2/c1-13(14-5-7-15(8-6-14)27-12-23-11-25-27)26(2)18(28)16-4-3-9-24-17(16)29-10-19(20,21)22/h3-9,11-13H,10H2,1-2H3. The van der Waals surface area contributed by atoms with Gasteiger partial charge in [0, 0.05) is 13.2 Å². The van der Waals surface area contributed by atoms with Gasteiger partial charge in [-0.2, -0.15) is 18.3 Å². The molecular formula is C19H18F3N5O2. The number of alkyl halides is 3. The van der Waals surface area contributed by atoms with Crippen molar-refractivity contribution in [1.29, 1.82) is 0 Å². The van der Waals surface area contributed by atoms with Crippen LogP contribution in [-0.2, 0) is 0 Å². The first-order valence-corrected chi connectivity index (χ1v) is 8.63. The van der Waals surface area contributed by atoms with Crippen LogP contribution < -0.4 is 4.74 Å². The minimum absolute atomic E-state index is 0.0367. The number of ether oxygens (including phenoxy) is 1. The molecule has 7 nitrogen and oxygen atoms in total. The number of rotatable bonds is 6. The number of benzene rings is 1. The summed E-state index contributed by atoms with van der Waals surface area (Å²) in [5, 5.41) is 4.05. The average Bonchev–Trinajstić information content (AvgIpc) is 3.25. The van der Waals surface area contributed by atoms with E-state index in [1.165, 1.54) is 29.6 Å². The quantitative estimate of drug-likeness (QED) is 0.628. The summed E-state index contributed by atoms with van der Waals surface area (Å²) < 4.78 is 43.7. The van der Waals surface area contributed by atoms with Gasteiger partial charge < -0.3 is 9.64 Å². The highest BCUT2D eigenvalue weighted by atomic mass is 19.4. The van der Waals surface area contributed by atoms with Gasteiger partial charge in [0.25, 0.3) is 5.91 Å². The van der Waals surface area contributed by atoms with Gasteiger partial charge in [0.2, 0.25) is 5.88 Å². The van der Waals surface area contributed by atoms with Crippen LogP contribution in [-0.4, -0.2) is 50.4 Å². The van der Waals surface area contributed by atoms with E-state index >= 15 is 0 Å². The Morgan fingerprint density at radius 3 is 2.59 bits per heavy atom. The van der Waals surface area contributed by atoms with Crippen LogP contribution in [0.3, 0.4) is 0 Å². The lowest BCUT2D eigenvalue weighted by molar-refractivity contribution is -0.154. The van der Waals surface area contributed by atoms with Crippen molar-refractivity contribution in [1.82, 2.24) is 24.6 Å². The highest BCUT2D eigenvalue weighted by Crippen LogP contribution is 2.25. The van der Waals surface area contributed by atoms with Gasteiger partial charge in [-0.3, -0.25) is 4.79 Å². The van der Waals surface area contributed by atoms with E-state index in [-0.39, 0.29) is 17.5 Å². The number of halogens is 3. The van der Waals surface area contributed by atoms with Crippen molar-refractivity contribution >= 4 is 5.91 Å². The molecule has 0 saturated carbocycles. The highest BCUT2D eigenvalue weighted by Gasteiger charge is 2.30. The molecule has 3 aromatic rings. The Balaban J connectivity index is 1.76. The fourth-order valence-corrected chi connectivity index (χ4v) is 2.66. The van der Waals surface area contributed by atoms with Gasteiger partial charge in [0.15, 0.2) is 6.61 Å². The summed E-state index contributed by atoms with van der Waals surface area (Å²) in [6, 6.07) is 9.87. The zero-order valence-corrected chi connectivity index (χ0v) is 15.7. The van der Waals surface area contributed by atoms with Crippen molar-refractivity contribution in [3.05, 3.63) is 66.4 Å². The van der Waals surface area contributed by atoms with Gasteiger partial charge in [-0.1, -0.05) is 12.1 Å². The Kier molecular flexibility index (Phi) is 5.81. The normalized spacial score (nSPS) is 12.4. The molecule has 10 heteroatoms. The Hall–Kier alpha value is -3.43. The monoisotopic (exact) mass is 405 g/mol. The molecule has 1 atom stereocenters. The Morgan fingerprint density at radius 1 is 1.24 bits per heavy atom. The number of pyridine rings is 1. The molecule has 0 aliphatic carbocycles. The molecule has 0 aliphatic rings. The van der Waals surface area contributed by atoms with E-state index in [0.717, 1.165) is 11.3 Å². The molecular weight excluding hydrogens is 387 g/mol. The maximum atomic E-state index is 12.9. The van der Waals surface area contributed by atoms with Crippen LogP contribution in [0.2, 0.25) is 0 Å². The van der Waals surface area contributed by atoms with Crippen LogP contribution in [0.1, 0.15) is 28.9 Å². The summed E-state index contributed by atoms with van der Waals surface area (Å²) in [7, 11) is 1.57. The molecule has 0 radical (unpaired) electrons. The van der Waals surface area contributed by atoms with Crippen LogP contribution in [0.5, 0.6) is 5.88 Å². The third-order valence-corrected chi connectivity index (χ3v) is 4.33. The van der Waals surface area contributed by atoms with Crippen LogP contribution in [0, 0.1) is 0 Å². The van der Waals surface area contributed by atoms with Crippen molar-refractivity contribution in [2.24, 2.45) is 0 Å². The molecule has 152 valence electrons. The number of amides is 1. The summed E-state index contributed by atoms with van der Waals surface area (Å²) in [6.07, 6.45) is -0.258. The Labute approximate surface area is 164 Å². The van der Waals surface area contributed by atoms with Gasteiger partial charge in [-0.25, -0.2) is 14.6 Å². The maximum Gasteiger partial charge on any atom is 0.422 e. The molecule has 29 heavy (non-hydrogen) atoms. The number of carbonyl (C=O) groups excluding carboxylic acids is 1. The van der Waals surface area contributed by atoms with Gasteiger partial charge in [-0.05, 0) is 36.8 Å². The molecule has 1 amide bonds. The largest absolute Gasteiger partial charge is 0.467 e. The third-order valence-electron chi connectivity index (χ3n) is 4.33. The highest BCUT2D eigenvalue weighted by molar-refractivity contribution is 5.96. The van der Waals surface area contributed by atoms with Gasteiger partial charge >= 0.3 is 6.18 Å². The average molecular weight is 405 g/mol. The van der Waals surface area contributed by atoms with E-state index < -0.39 is 18.7 Å². The third kappa shape index (κ3) is 4.89. The smallest absolute Gasteiger partial charge is 0.422 e. The fraction of sp³-hybridized carbons (Fsp3) is 0.263. The topological polar surface area (TPSA) is 73.1 Å². The van der Waals surface area contributed by atoms with Crippen molar-refractivity contribution < 1.29 is 22.7 Å². The molecule has 2 heterocycles. The van der Waals surface area contributed by atoms with Crippen molar-refractivity contribution in [3.63, 3.8) is 0 Å². The Bertz CT molecular complexity index is 959. The number of hydrogen-bond acceptors (Lipinski definition) is 5. The fourth-order valence-electron chi connectivity index (χ4n) is 2.66. The molecule has 0 saturated heterocycles. The SMILES string of the molecule is CC(c1ccc(-n2cncn2)cc1)N(C)C(=O)c1cccnc1OCC(F)(F)F. The number of nitrogens with zero attached hydrogens (tertiary/aromatic N) is 5. The van der Waals surface area contributed by atoms with E-state index in [2.05, 4.69) is 15.1 Å². The van der Waals surface area contributed by atoms with Crippen molar-refractivity contribution in [2.45, 2.75) is 19.1 Å². The number of hydrogen-bond donors (Lipinski definition) is 0. The lowest BCUT2D eigenvalue weighted by Crippen LogP contribution is -2.30. The zero-order valence-electron chi connectivity index (χ0n) is 15.7. The van der Waals surface area contributed by atoms with Crippen molar-refractivity contribution in [3.8, 4) is 11.6 Å². The van der Waals surface area contributed by atoms with E-state index in [9.17, 15) is 18.0 Å². The summed E-state index contributed by atoms with van der Waals surface area (Å²) in [5.74, 6) is -0.849. The predicted octanol–water partition coefficient (Wildman–Crippen LogP) is 3.44. The Morgan fingerprint density at radius 2 is 1.97 bits per heavy atom. The molecule has 0 N–H and O–H groups in total. The summed E-state index contributed by atoms with van der Waals surface area (Å²) in [5.41, 5.74) is 1.61. The molecule has 1 unspecified atom stereocenters. The summed E-state index contributed by atoms with van der Waals surface area (Å²) in [4.78, 5) is 21.9. The van der Waals surface area contributed by atoms with Crippen molar-refractivity contribution in [2.75, 3.05) is 13.7 Å². The lowest BCUT2D eigenvalue weighted by Gasteiger charge is -2.26. The second-order valence-electron chi connectivity index (χ2n) is 6.28. The van der Waals surface area contributed by atoms with E-state index in [0.29, 0.717) is 0 Å². The molecule has 0 aliphatic heterocycles. The molecule has 2 aromatic heterocycles. The van der Waals surface area contributed by atoms with Crippen LogP contribution in [0.4, 0.5) is 13.2 Å². The predicted molar refractivity (Wildman–Crippen MR) is 97.7 cm³/mol. The van der Waals surface area contributed by atoms with Gasteiger partial charge in [0.05, 0.1) is 11.7 Å². The van der Waals surface area contributed by atoms with E-state index in [1.807, 2.05) is 31.2 Å². The zero-order chi connectivity index (χ0) is 21.0. The van der Waals surface area contributed by atoms with Gasteiger partial charge in [0.1, 0.15) is 18.2 Å². The second kappa shape index (κ2) is 8.29. The first kappa shape index (κ1) is 20.3. The minimum Gasteiger partial charge on any atom is -0.467 e. The van der Waals surface area contributed by atoms with E-state index in [4.69, 9.17) is 4.74 Å². The summed E-state index contributed by atoms with van der Waals surface area (Å²) >= 11 is 0. The number of carbonyl (C=O) groups is 1. The maximum absolute atomic E-state index is 12.9. The summed E-state index contributed by atoms with van der Waals surface area (Å²) in [6.45, 7) is 0.294. The lowest BCUT2D eigenvalue weighted by atomic mass is 10.1. The molecule has 0 spiro atoms. The first-order valence-electron chi connectivity index (χ1n) is 8.63. The minimum atomic E-state index is -4.52. The second-order valence-corrected chi connectivity index (χ2v) is 6.28. The van der Waals surface area contributed by atoms with Crippen LogP contribution >= 0.6 is 0 Å². The molecule has 1 aromatic carbocycles. The molecule has 0 fully saturated rings. The van der Waals surface area contributed by atoms with E-state index in [1.54, 1.807) is 18.1 Å². The molecule has 0 bridgehead atoms. The van der Waals surface area contributed by atoms with Crippen LogP contribution in [0.25, 0.3) is 5.69 Å². The molecule has 3 rings (SSSR count). The van der Waals surface area contributed by atoms with Gasteiger partial charge in [-0.15, -0.1) is 0 Å².